The van der Waals surface area contributed by atoms with Crippen LogP contribution in [-0.2, 0) is 10.8 Å². The van der Waals surface area contributed by atoms with Gasteiger partial charge in [-0.1, -0.05) is 179 Å². The van der Waals surface area contributed by atoms with E-state index >= 15 is 0 Å². The molecule has 0 aliphatic heterocycles. The van der Waals surface area contributed by atoms with Gasteiger partial charge in [0.1, 0.15) is 0 Å². The van der Waals surface area contributed by atoms with Gasteiger partial charge < -0.3 is 0 Å². The van der Waals surface area contributed by atoms with E-state index in [2.05, 4.69) is 191 Å². The van der Waals surface area contributed by atoms with Crippen molar-refractivity contribution in [1.29, 1.82) is 0 Å². The predicted molar refractivity (Wildman–Crippen MR) is 234 cm³/mol. The second-order valence-electron chi connectivity index (χ2n) is 16.5. The zero-order valence-corrected chi connectivity index (χ0v) is 32.1. The van der Waals surface area contributed by atoms with Crippen molar-refractivity contribution in [2.75, 3.05) is 0 Å². The molecule has 0 N–H and O–H groups in total. The van der Waals surface area contributed by atoms with Crippen LogP contribution in [0.25, 0.3) is 88.8 Å². The van der Waals surface area contributed by atoms with Gasteiger partial charge >= 0.3 is 0 Å². The van der Waals surface area contributed by atoms with Gasteiger partial charge in [-0.2, -0.15) is 0 Å². The van der Waals surface area contributed by atoms with Gasteiger partial charge in [-0.05, 0) is 95.4 Å². The molecule has 2 aliphatic rings. The molecule has 0 unspecified atom stereocenters. The molecule has 2 aliphatic carbocycles. The highest BCUT2D eigenvalue weighted by Crippen LogP contribution is 2.55. The molecule has 0 bridgehead atoms. The van der Waals surface area contributed by atoms with Gasteiger partial charge in [0.25, 0.3) is 0 Å². The number of nitrogens with zero attached hydrogens (tertiary/aromatic N) is 2. The molecule has 266 valence electrons. The number of rotatable bonds is 4. The molecule has 2 nitrogen and oxygen atoms in total. The van der Waals surface area contributed by atoms with Crippen molar-refractivity contribution in [1.82, 2.24) is 9.97 Å². The highest BCUT2D eigenvalue weighted by molar-refractivity contribution is 6.08. The second kappa shape index (κ2) is 11.9. The SMILES string of the molecule is CC1(C)c2cc3ccccc3cc2-c2c(-c3cc(-c4ccc(-c5cccc6c5-c5ccccc5C6(C)C)c5ccccc45)nc(-c4ccccc4)n3)cccc21. The summed E-state index contributed by atoms with van der Waals surface area (Å²) in [5.41, 5.74) is 18.0. The van der Waals surface area contributed by atoms with E-state index in [4.69, 9.17) is 9.97 Å². The first-order valence-electron chi connectivity index (χ1n) is 19.7. The Morgan fingerprint density at radius 1 is 0.339 bits per heavy atom. The second-order valence-corrected chi connectivity index (χ2v) is 16.5. The van der Waals surface area contributed by atoms with Gasteiger partial charge in [0, 0.05) is 27.5 Å². The third-order valence-corrected chi connectivity index (χ3v) is 12.7. The highest BCUT2D eigenvalue weighted by Gasteiger charge is 2.38. The Morgan fingerprint density at radius 3 is 1.61 bits per heavy atom. The van der Waals surface area contributed by atoms with E-state index in [0.717, 1.165) is 33.9 Å². The normalized spacial score (nSPS) is 14.4. The fraction of sp³-hybridized carbons (Fsp3) is 0.111. The summed E-state index contributed by atoms with van der Waals surface area (Å²) < 4.78 is 0. The molecule has 0 fully saturated rings. The number of fused-ring (bicyclic) bond motifs is 8. The number of hydrogen-bond acceptors (Lipinski definition) is 2. The number of aromatic nitrogens is 2. The minimum absolute atomic E-state index is 0.0662. The Balaban J connectivity index is 1.14. The van der Waals surface area contributed by atoms with E-state index in [1.165, 1.54) is 77.2 Å². The first-order valence-corrected chi connectivity index (χ1v) is 19.7. The molecule has 11 rings (SSSR count). The van der Waals surface area contributed by atoms with Crippen LogP contribution >= 0.6 is 0 Å². The van der Waals surface area contributed by atoms with E-state index in [-0.39, 0.29) is 10.8 Å². The van der Waals surface area contributed by atoms with Crippen molar-refractivity contribution >= 4 is 21.5 Å². The Kier molecular flexibility index (Phi) is 6.98. The van der Waals surface area contributed by atoms with Crippen molar-refractivity contribution in [2.45, 2.75) is 38.5 Å². The molecule has 0 spiro atoms. The maximum absolute atomic E-state index is 5.37. The maximum atomic E-state index is 5.37. The molecule has 56 heavy (non-hydrogen) atoms. The molecule has 0 saturated carbocycles. The van der Waals surface area contributed by atoms with Crippen LogP contribution in [0.15, 0.2) is 170 Å². The lowest BCUT2D eigenvalue weighted by molar-refractivity contribution is 0.660. The molecule has 1 aromatic heterocycles. The van der Waals surface area contributed by atoms with Crippen molar-refractivity contribution in [3.63, 3.8) is 0 Å². The predicted octanol–water partition coefficient (Wildman–Crippen LogP) is 14.1. The molecule has 0 atom stereocenters. The van der Waals surface area contributed by atoms with Crippen LogP contribution in [0.4, 0.5) is 0 Å². The third kappa shape index (κ3) is 4.69. The Hall–Kier alpha value is -6.64. The van der Waals surface area contributed by atoms with Gasteiger partial charge in [0.15, 0.2) is 5.82 Å². The summed E-state index contributed by atoms with van der Waals surface area (Å²) in [5.74, 6) is 0.722. The van der Waals surface area contributed by atoms with Crippen molar-refractivity contribution in [3.8, 4) is 67.3 Å². The van der Waals surface area contributed by atoms with Crippen LogP contribution in [0.3, 0.4) is 0 Å². The summed E-state index contributed by atoms with van der Waals surface area (Å²) >= 11 is 0. The Morgan fingerprint density at radius 2 is 0.857 bits per heavy atom. The summed E-state index contributed by atoms with van der Waals surface area (Å²) in [6.07, 6.45) is 0. The first kappa shape index (κ1) is 32.8. The lowest BCUT2D eigenvalue weighted by Crippen LogP contribution is -2.14. The molecular formula is C54H40N2. The summed E-state index contributed by atoms with van der Waals surface area (Å²) in [4.78, 5) is 10.7. The maximum Gasteiger partial charge on any atom is 0.160 e. The Bertz CT molecular complexity index is 3080. The standard InChI is InChI=1S/C54H40N2/c1-53(2)44-25-13-12-22-41(44)50-40(23-14-26-45(50)53)38-28-29-39(37-21-11-10-20-36(37)38)48-32-49(56-52(55-48)33-16-6-5-7-17-33)42-24-15-27-46-51(42)43-30-34-18-8-9-19-35(34)31-47(43)54(46,3)4/h5-32H,1-4H3. The van der Waals surface area contributed by atoms with E-state index < -0.39 is 0 Å². The van der Waals surface area contributed by atoms with Crippen LogP contribution in [0.2, 0.25) is 0 Å². The smallest absolute Gasteiger partial charge is 0.160 e. The summed E-state index contributed by atoms with van der Waals surface area (Å²) in [6, 6.07) is 62.0. The number of hydrogen-bond donors (Lipinski definition) is 0. The van der Waals surface area contributed by atoms with Gasteiger partial charge in [0.05, 0.1) is 11.4 Å². The fourth-order valence-electron chi connectivity index (χ4n) is 9.86. The van der Waals surface area contributed by atoms with Gasteiger partial charge in [-0.15, -0.1) is 0 Å². The molecule has 1 heterocycles. The van der Waals surface area contributed by atoms with Crippen LogP contribution in [0.1, 0.15) is 49.9 Å². The summed E-state index contributed by atoms with van der Waals surface area (Å²) in [7, 11) is 0. The average Bonchev–Trinajstić information content (AvgIpc) is 3.62. The van der Waals surface area contributed by atoms with Crippen LogP contribution < -0.4 is 0 Å². The zero-order valence-electron chi connectivity index (χ0n) is 32.1. The molecule has 9 aromatic rings. The minimum atomic E-state index is -0.151. The quantitative estimate of drug-likeness (QED) is 0.181. The monoisotopic (exact) mass is 716 g/mol. The first-order chi connectivity index (χ1) is 27.3. The molecule has 0 saturated heterocycles. The molecule has 2 heteroatoms. The molecular weight excluding hydrogens is 677 g/mol. The lowest BCUT2D eigenvalue weighted by Gasteiger charge is -2.22. The van der Waals surface area contributed by atoms with Gasteiger partial charge in [-0.3, -0.25) is 0 Å². The number of benzene rings is 8. The Labute approximate surface area is 328 Å². The van der Waals surface area contributed by atoms with Gasteiger partial charge in [0.2, 0.25) is 0 Å². The van der Waals surface area contributed by atoms with Gasteiger partial charge in [-0.25, -0.2) is 9.97 Å². The summed E-state index contributed by atoms with van der Waals surface area (Å²) in [6.45, 7) is 9.41. The van der Waals surface area contributed by atoms with E-state index in [1.807, 2.05) is 6.07 Å². The van der Waals surface area contributed by atoms with E-state index in [0.29, 0.717) is 0 Å². The zero-order chi connectivity index (χ0) is 37.8. The van der Waals surface area contributed by atoms with Crippen LogP contribution in [0.5, 0.6) is 0 Å². The van der Waals surface area contributed by atoms with Crippen molar-refractivity contribution in [2.24, 2.45) is 0 Å². The molecule has 8 aromatic carbocycles. The van der Waals surface area contributed by atoms with E-state index in [1.54, 1.807) is 0 Å². The molecule has 0 amide bonds. The topological polar surface area (TPSA) is 25.8 Å². The van der Waals surface area contributed by atoms with Crippen LogP contribution in [-0.4, -0.2) is 9.97 Å². The van der Waals surface area contributed by atoms with E-state index in [9.17, 15) is 0 Å². The lowest BCUT2D eigenvalue weighted by atomic mass is 9.81. The minimum Gasteiger partial charge on any atom is -0.228 e. The highest BCUT2D eigenvalue weighted by atomic mass is 14.9. The van der Waals surface area contributed by atoms with Crippen LogP contribution in [0, 0.1) is 0 Å². The average molecular weight is 717 g/mol. The van der Waals surface area contributed by atoms with Crippen molar-refractivity contribution < 1.29 is 0 Å². The summed E-state index contributed by atoms with van der Waals surface area (Å²) in [5, 5.41) is 4.91. The third-order valence-electron chi connectivity index (χ3n) is 12.7. The van der Waals surface area contributed by atoms with Crippen molar-refractivity contribution in [3.05, 3.63) is 192 Å². The molecule has 0 radical (unpaired) electrons. The fourth-order valence-corrected chi connectivity index (χ4v) is 9.86. The largest absolute Gasteiger partial charge is 0.228 e.